The molecule has 0 fully saturated rings. The van der Waals surface area contributed by atoms with Crippen LogP contribution in [0.2, 0.25) is 0 Å². The largest absolute Gasteiger partial charge is 0.368 e. The maximum absolute atomic E-state index is 13.0. The van der Waals surface area contributed by atoms with E-state index in [0.717, 1.165) is 16.8 Å². The minimum Gasteiger partial charge on any atom is -0.368 e. The first-order chi connectivity index (χ1) is 14.6. The monoisotopic (exact) mass is 399 g/mol. The Balaban J connectivity index is 1.61. The highest BCUT2D eigenvalue weighted by molar-refractivity contribution is 6.06. The van der Waals surface area contributed by atoms with Gasteiger partial charge >= 0.3 is 0 Å². The van der Waals surface area contributed by atoms with Gasteiger partial charge in [0.2, 0.25) is 5.91 Å². The normalized spacial score (nSPS) is 11.9. The van der Waals surface area contributed by atoms with Gasteiger partial charge < -0.3 is 11.1 Å². The fourth-order valence-corrected chi connectivity index (χ4v) is 3.36. The van der Waals surface area contributed by atoms with Gasteiger partial charge in [-0.2, -0.15) is 5.10 Å². The smallest absolute Gasteiger partial charge is 0.273 e. The Kier molecular flexibility index (Phi) is 5.52. The number of hydrogen-bond donors (Lipinski definition) is 2. The predicted molar refractivity (Wildman–Crippen MR) is 114 cm³/mol. The third-order valence-corrected chi connectivity index (χ3v) is 4.84. The highest BCUT2D eigenvalue weighted by Crippen LogP contribution is 2.19. The minimum atomic E-state index is -0.834. The summed E-state index contributed by atoms with van der Waals surface area (Å²) in [6.45, 7) is 0.428. The fourth-order valence-electron chi connectivity index (χ4n) is 3.36. The van der Waals surface area contributed by atoms with E-state index >= 15 is 0 Å². The van der Waals surface area contributed by atoms with Crippen molar-refractivity contribution in [1.82, 2.24) is 20.1 Å². The first-order valence-electron chi connectivity index (χ1n) is 9.61. The van der Waals surface area contributed by atoms with E-state index in [-0.39, 0.29) is 5.69 Å². The molecule has 150 valence electrons. The van der Waals surface area contributed by atoms with Gasteiger partial charge in [0, 0.05) is 18.0 Å². The molecular weight excluding hydrogens is 378 g/mol. The average molecular weight is 399 g/mol. The van der Waals surface area contributed by atoms with Crippen molar-refractivity contribution in [3.8, 4) is 0 Å². The summed E-state index contributed by atoms with van der Waals surface area (Å²) in [6.07, 6.45) is 2.03. The van der Waals surface area contributed by atoms with E-state index in [9.17, 15) is 9.59 Å². The molecule has 1 atom stereocenters. The standard InChI is InChI=1S/C23H21N5O2/c24-22(29)19(14-16-8-2-1-3-9-16)26-23(30)21-18-11-4-5-12-20(18)28(27-21)15-17-10-6-7-13-25-17/h1-13,19H,14-15H2,(H2,24,29)(H,26,30). The first-order valence-corrected chi connectivity index (χ1v) is 9.61. The van der Waals surface area contributed by atoms with E-state index in [2.05, 4.69) is 15.4 Å². The Morgan fingerprint density at radius 2 is 1.70 bits per heavy atom. The number of aromatic nitrogens is 3. The molecule has 0 aliphatic carbocycles. The van der Waals surface area contributed by atoms with E-state index < -0.39 is 17.9 Å². The number of carbonyl (C=O) groups is 2. The van der Waals surface area contributed by atoms with Gasteiger partial charge in [0.15, 0.2) is 5.69 Å². The van der Waals surface area contributed by atoms with Gasteiger partial charge in [-0.15, -0.1) is 0 Å². The molecule has 2 amide bonds. The Bertz CT molecular complexity index is 1170. The number of fused-ring (bicyclic) bond motifs is 1. The van der Waals surface area contributed by atoms with Crippen LogP contribution in [0.25, 0.3) is 10.9 Å². The molecule has 0 saturated carbocycles. The van der Waals surface area contributed by atoms with Gasteiger partial charge in [-0.3, -0.25) is 19.3 Å². The molecule has 0 spiro atoms. The lowest BCUT2D eigenvalue weighted by Crippen LogP contribution is -2.46. The second kappa shape index (κ2) is 8.57. The van der Waals surface area contributed by atoms with Crippen LogP contribution in [0.5, 0.6) is 0 Å². The Morgan fingerprint density at radius 3 is 2.43 bits per heavy atom. The molecule has 0 radical (unpaired) electrons. The van der Waals surface area contributed by atoms with Gasteiger partial charge in [0.25, 0.3) is 5.91 Å². The number of nitrogens with two attached hydrogens (primary N) is 1. The third-order valence-electron chi connectivity index (χ3n) is 4.84. The number of nitrogens with zero attached hydrogens (tertiary/aromatic N) is 3. The maximum Gasteiger partial charge on any atom is 0.273 e. The second-order valence-electron chi connectivity index (χ2n) is 6.96. The van der Waals surface area contributed by atoms with Crippen molar-refractivity contribution in [2.45, 2.75) is 19.0 Å². The van der Waals surface area contributed by atoms with E-state index in [1.54, 1.807) is 10.9 Å². The summed E-state index contributed by atoms with van der Waals surface area (Å²) in [4.78, 5) is 29.3. The molecule has 0 aliphatic rings. The average Bonchev–Trinajstić information content (AvgIpc) is 3.13. The third kappa shape index (κ3) is 4.20. The van der Waals surface area contributed by atoms with Crippen molar-refractivity contribution in [3.63, 3.8) is 0 Å². The van der Waals surface area contributed by atoms with Crippen molar-refractivity contribution >= 4 is 22.7 Å². The van der Waals surface area contributed by atoms with Crippen LogP contribution >= 0.6 is 0 Å². The highest BCUT2D eigenvalue weighted by atomic mass is 16.2. The van der Waals surface area contributed by atoms with Crippen LogP contribution in [0, 0.1) is 0 Å². The molecule has 2 heterocycles. The molecule has 2 aromatic carbocycles. The zero-order valence-electron chi connectivity index (χ0n) is 16.2. The van der Waals surface area contributed by atoms with E-state index in [4.69, 9.17) is 5.73 Å². The number of primary amides is 1. The van der Waals surface area contributed by atoms with Crippen LogP contribution in [-0.4, -0.2) is 32.6 Å². The molecule has 3 N–H and O–H groups in total. The zero-order chi connectivity index (χ0) is 20.9. The van der Waals surface area contributed by atoms with Gasteiger partial charge in [-0.05, 0) is 23.8 Å². The number of pyridine rings is 1. The van der Waals surface area contributed by atoms with Crippen molar-refractivity contribution in [2.24, 2.45) is 5.73 Å². The van der Waals surface area contributed by atoms with Crippen LogP contribution in [0.15, 0.2) is 79.0 Å². The van der Waals surface area contributed by atoms with Gasteiger partial charge in [-0.25, -0.2) is 0 Å². The molecule has 0 aliphatic heterocycles. The van der Waals surface area contributed by atoms with Crippen LogP contribution in [-0.2, 0) is 17.8 Å². The van der Waals surface area contributed by atoms with Gasteiger partial charge in [0.05, 0.1) is 17.8 Å². The first kappa shape index (κ1) is 19.3. The Hall–Kier alpha value is -4.00. The highest BCUT2D eigenvalue weighted by Gasteiger charge is 2.23. The number of nitrogens with one attached hydrogen (secondary N) is 1. The fraction of sp³-hybridized carbons (Fsp3) is 0.130. The van der Waals surface area contributed by atoms with E-state index in [1.165, 1.54) is 0 Å². The van der Waals surface area contributed by atoms with Crippen LogP contribution in [0.3, 0.4) is 0 Å². The number of amides is 2. The second-order valence-corrected chi connectivity index (χ2v) is 6.96. The minimum absolute atomic E-state index is 0.251. The number of para-hydroxylation sites is 1. The predicted octanol–water partition coefficient (Wildman–Crippen LogP) is 2.31. The summed E-state index contributed by atoms with van der Waals surface area (Å²) in [6, 6.07) is 21.7. The molecule has 4 rings (SSSR count). The molecule has 1 unspecified atom stereocenters. The molecule has 0 bridgehead atoms. The summed E-state index contributed by atoms with van der Waals surface area (Å²) in [5.41, 5.74) is 8.35. The maximum atomic E-state index is 13.0. The summed E-state index contributed by atoms with van der Waals surface area (Å²) in [5, 5.41) is 7.96. The van der Waals surface area contributed by atoms with Crippen molar-refractivity contribution in [3.05, 3.63) is 95.9 Å². The molecule has 0 saturated heterocycles. The number of hydrogen-bond acceptors (Lipinski definition) is 4. The summed E-state index contributed by atoms with van der Waals surface area (Å²) in [5.74, 6) is -1.03. The zero-order valence-corrected chi connectivity index (χ0v) is 16.2. The molecule has 7 nitrogen and oxygen atoms in total. The van der Waals surface area contributed by atoms with Gasteiger partial charge in [0.1, 0.15) is 6.04 Å². The van der Waals surface area contributed by atoms with E-state index in [1.807, 2.05) is 72.8 Å². The molecule has 30 heavy (non-hydrogen) atoms. The Morgan fingerprint density at radius 1 is 0.967 bits per heavy atom. The number of carbonyl (C=O) groups excluding carboxylic acids is 2. The SMILES string of the molecule is NC(=O)C(Cc1ccccc1)NC(=O)c1nn(Cc2ccccn2)c2ccccc12. The van der Waals surface area contributed by atoms with Crippen molar-refractivity contribution < 1.29 is 9.59 Å². The quantitative estimate of drug-likeness (QED) is 0.498. The summed E-state index contributed by atoms with van der Waals surface area (Å²) in [7, 11) is 0. The van der Waals surface area contributed by atoms with Crippen molar-refractivity contribution in [1.29, 1.82) is 0 Å². The lowest BCUT2D eigenvalue weighted by molar-refractivity contribution is -0.119. The summed E-state index contributed by atoms with van der Waals surface area (Å²) < 4.78 is 1.74. The molecular formula is C23H21N5O2. The molecule has 2 aromatic heterocycles. The topological polar surface area (TPSA) is 103 Å². The van der Waals surface area contributed by atoms with Crippen LogP contribution in [0.4, 0.5) is 0 Å². The van der Waals surface area contributed by atoms with Crippen LogP contribution < -0.4 is 11.1 Å². The van der Waals surface area contributed by atoms with Gasteiger partial charge in [-0.1, -0.05) is 54.6 Å². The van der Waals surface area contributed by atoms with E-state index in [0.29, 0.717) is 18.4 Å². The number of rotatable bonds is 7. The summed E-state index contributed by atoms with van der Waals surface area (Å²) >= 11 is 0. The lowest BCUT2D eigenvalue weighted by Gasteiger charge is -2.15. The van der Waals surface area contributed by atoms with Crippen LogP contribution in [0.1, 0.15) is 21.7 Å². The molecule has 7 heteroatoms. The number of benzene rings is 2. The van der Waals surface area contributed by atoms with Crippen molar-refractivity contribution in [2.75, 3.05) is 0 Å². The Labute approximate surface area is 173 Å². The lowest BCUT2D eigenvalue weighted by atomic mass is 10.1. The molecule has 4 aromatic rings.